The molecule has 21 heteroatoms. The van der Waals surface area contributed by atoms with E-state index in [9.17, 15) is 61.4 Å². The number of ketones is 1. The molecule has 0 radical (unpaired) electrons. The number of Topliss-reactive ketones (excluding diaryl/α,β-unsaturated/α-hetero) is 1. The van der Waals surface area contributed by atoms with Crippen LogP contribution in [-0.2, 0) is 39.7 Å². The molecule has 1 aromatic carbocycles. The number of halogens is 3. The van der Waals surface area contributed by atoms with Crippen LogP contribution in [0.4, 0.5) is 18.9 Å². The highest BCUT2D eigenvalue weighted by atomic mass is 19.4. The first-order chi connectivity index (χ1) is 23.5. The van der Waals surface area contributed by atoms with Gasteiger partial charge in [-0.25, -0.2) is 4.79 Å². The third kappa shape index (κ3) is 11.5. The normalized spacial score (nSPS) is 13.7. The molecule has 0 unspecified atom stereocenters. The highest BCUT2D eigenvalue weighted by Gasteiger charge is 2.43. The van der Waals surface area contributed by atoms with Gasteiger partial charge in [-0.3, -0.25) is 38.4 Å². The summed E-state index contributed by atoms with van der Waals surface area (Å²) >= 11 is 0. The van der Waals surface area contributed by atoms with Gasteiger partial charge in [0.1, 0.15) is 35.3 Å². The van der Waals surface area contributed by atoms with Crippen molar-refractivity contribution in [1.82, 2.24) is 21.3 Å². The molecule has 0 aliphatic heterocycles. The van der Waals surface area contributed by atoms with Crippen LogP contribution in [0, 0.1) is 5.92 Å². The lowest BCUT2D eigenvalue weighted by molar-refractivity contribution is -0.141. The quantitative estimate of drug-likeness (QED) is 0.0604. The zero-order valence-electron chi connectivity index (χ0n) is 27.1. The van der Waals surface area contributed by atoms with Crippen molar-refractivity contribution in [1.29, 1.82) is 0 Å². The minimum atomic E-state index is -5.37. The van der Waals surface area contributed by atoms with Gasteiger partial charge in [0.25, 0.3) is 0 Å². The van der Waals surface area contributed by atoms with Crippen molar-refractivity contribution in [3.05, 3.63) is 39.7 Å². The van der Waals surface area contributed by atoms with E-state index in [1.54, 1.807) is 0 Å². The Balaban J connectivity index is 2.49. The first-order valence-electron chi connectivity index (χ1n) is 14.8. The van der Waals surface area contributed by atoms with E-state index in [4.69, 9.17) is 20.4 Å². The summed E-state index contributed by atoms with van der Waals surface area (Å²) in [4.78, 5) is 111. The third-order valence-corrected chi connectivity index (χ3v) is 7.07. The Labute approximate surface area is 284 Å². The summed E-state index contributed by atoms with van der Waals surface area (Å²) < 4.78 is 47.8. The SMILES string of the molecule is CC(=O)N[C@@H](CC(=O)O)C(=O)N[C@@H](CCC(=O)O)C(=O)N[C@H](C(=O)N[C@@H](CC(=O)O)C(=O)c1c(C(F)(F)F)c2ccc(N)cc2oc1=O)C(C)C. The van der Waals surface area contributed by atoms with Crippen molar-refractivity contribution in [3.63, 3.8) is 0 Å². The fraction of sp³-hybridized carbons (Fsp3) is 0.433. The lowest BCUT2D eigenvalue weighted by Crippen LogP contribution is -2.59. The molecule has 0 aliphatic rings. The molecule has 4 amide bonds. The number of fused-ring (bicyclic) bond motifs is 1. The fourth-order valence-corrected chi connectivity index (χ4v) is 4.78. The number of aliphatic carboxylic acids is 3. The van der Waals surface area contributed by atoms with Crippen molar-refractivity contribution in [2.75, 3.05) is 5.73 Å². The molecule has 1 heterocycles. The number of hydrogen-bond donors (Lipinski definition) is 8. The second-order valence-corrected chi connectivity index (χ2v) is 11.5. The number of nitrogens with two attached hydrogens (primary N) is 1. The van der Waals surface area contributed by atoms with E-state index < -0.39 is 137 Å². The summed E-state index contributed by atoms with van der Waals surface area (Å²) in [6.07, 6.45) is -9.01. The standard InChI is InChI=1S/C30H34F3N5O13/c1-11(2)24(38-26(47)15(6-7-19(40)41)36-27(48)17(10-21(44)45)35-12(3)39)28(49)37-16(9-20(42)43)25(46)22-23(30(31,32)33)14-5-4-13(34)8-18(14)51-29(22)50/h4-5,8,11,15-17,24H,6-7,9-10,34H2,1-3H3,(H,35,39)(H,36,48)(H,37,49)(H,38,47)(H,40,41)(H,42,43)(H,44,45)/t15-,16-,17-,24-/m0/s1. The number of carboxylic acids is 3. The predicted octanol–water partition coefficient (Wildman–Crippen LogP) is 0.00600. The van der Waals surface area contributed by atoms with Gasteiger partial charge in [0.05, 0.1) is 18.4 Å². The molecular formula is C30H34F3N5O13. The van der Waals surface area contributed by atoms with E-state index in [-0.39, 0.29) is 5.69 Å². The van der Waals surface area contributed by atoms with Crippen LogP contribution < -0.4 is 32.6 Å². The largest absolute Gasteiger partial charge is 0.481 e. The molecule has 0 aliphatic carbocycles. The number of nitrogens with one attached hydrogen (secondary N) is 4. The van der Waals surface area contributed by atoms with Crippen LogP contribution in [0.15, 0.2) is 27.4 Å². The fourth-order valence-electron chi connectivity index (χ4n) is 4.78. The van der Waals surface area contributed by atoms with Crippen LogP contribution in [0.1, 0.15) is 62.4 Å². The number of amides is 4. The van der Waals surface area contributed by atoms with Gasteiger partial charge in [0, 0.05) is 30.5 Å². The van der Waals surface area contributed by atoms with E-state index in [1.807, 2.05) is 5.32 Å². The van der Waals surface area contributed by atoms with Crippen LogP contribution in [-0.4, -0.2) is 86.8 Å². The lowest BCUT2D eigenvalue weighted by Gasteiger charge is -2.27. The van der Waals surface area contributed by atoms with Crippen molar-refractivity contribution < 1.29 is 71.3 Å². The molecule has 0 saturated heterocycles. The Morgan fingerprint density at radius 2 is 1.35 bits per heavy atom. The number of alkyl halides is 3. The zero-order valence-corrected chi connectivity index (χ0v) is 27.1. The monoisotopic (exact) mass is 729 g/mol. The Morgan fingerprint density at radius 1 is 0.804 bits per heavy atom. The van der Waals surface area contributed by atoms with E-state index in [2.05, 4.69) is 16.0 Å². The number of anilines is 1. The van der Waals surface area contributed by atoms with Gasteiger partial charge in [-0.05, 0) is 24.5 Å². The molecule has 51 heavy (non-hydrogen) atoms. The summed E-state index contributed by atoms with van der Waals surface area (Å²) in [6, 6.07) is -4.80. The molecule has 2 rings (SSSR count). The molecule has 1 aromatic heterocycles. The van der Waals surface area contributed by atoms with E-state index in [0.717, 1.165) is 25.1 Å². The van der Waals surface area contributed by atoms with Crippen LogP contribution in [0.25, 0.3) is 11.0 Å². The molecule has 0 fully saturated rings. The second-order valence-electron chi connectivity index (χ2n) is 11.5. The maximum absolute atomic E-state index is 14.3. The molecule has 2 aromatic rings. The van der Waals surface area contributed by atoms with Gasteiger partial charge in [0.15, 0.2) is 5.78 Å². The first-order valence-corrected chi connectivity index (χ1v) is 14.8. The Bertz CT molecular complexity index is 1770. The summed E-state index contributed by atoms with van der Waals surface area (Å²) in [5, 5.41) is 35.2. The minimum Gasteiger partial charge on any atom is -0.481 e. The van der Waals surface area contributed by atoms with Gasteiger partial charge in [-0.15, -0.1) is 0 Å². The van der Waals surface area contributed by atoms with Crippen molar-refractivity contribution in [2.45, 2.75) is 76.8 Å². The molecule has 0 spiro atoms. The van der Waals surface area contributed by atoms with E-state index in [0.29, 0.717) is 0 Å². The number of hydrogen-bond acceptors (Lipinski definition) is 11. The second kappa shape index (κ2) is 17.1. The van der Waals surface area contributed by atoms with E-state index in [1.165, 1.54) is 13.8 Å². The maximum atomic E-state index is 14.3. The third-order valence-electron chi connectivity index (χ3n) is 7.07. The molecule has 0 bridgehead atoms. The van der Waals surface area contributed by atoms with Crippen molar-refractivity contribution >= 4 is 64.0 Å². The Morgan fingerprint density at radius 3 is 1.86 bits per heavy atom. The molecule has 9 N–H and O–H groups in total. The first kappa shape index (κ1) is 41.2. The van der Waals surface area contributed by atoms with Gasteiger partial charge in [-0.1, -0.05) is 13.8 Å². The average Bonchev–Trinajstić information content (AvgIpc) is 2.98. The van der Waals surface area contributed by atoms with Crippen molar-refractivity contribution in [3.8, 4) is 0 Å². The summed E-state index contributed by atoms with van der Waals surface area (Å²) in [6.45, 7) is 3.65. The number of carboxylic acid groups (broad SMARTS) is 3. The van der Waals surface area contributed by atoms with Gasteiger partial charge in [-0.2, -0.15) is 13.2 Å². The Kier molecular flexibility index (Phi) is 13.8. The van der Waals surface area contributed by atoms with Crippen LogP contribution in [0.2, 0.25) is 0 Å². The minimum absolute atomic E-state index is 0.0896. The number of benzene rings is 1. The Hall–Kier alpha value is -6.02. The topological polar surface area (TPSA) is 302 Å². The smallest absolute Gasteiger partial charge is 0.418 e. The number of carbonyl (C=O) groups is 8. The molecular weight excluding hydrogens is 695 g/mol. The van der Waals surface area contributed by atoms with Gasteiger partial charge >= 0.3 is 29.7 Å². The maximum Gasteiger partial charge on any atom is 0.418 e. The number of nitrogen functional groups attached to an aromatic ring is 1. The molecule has 278 valence electrons. The summed E-state index contributed by atoms with van der Waals surface area (Å²) in [5.74, 6) is -12.1. The lowest BCUT2D eigenvalue weighted by atomic mass is 9.94. The van der Waals surface area contributed by atoms with Crippen molar-refractivity contribution in [2.24, 2.45) is 5.92 Å². The van der Waals surface area contributed by atoms with Crippen LogP contribution in [0.3, 0.4) is 0 Å². The molecule has 4 atom stereocenters. The predicted molar refractivity (Wildman–Crippen MR) is 166 cm³/mol. The number of rotatable bonds is 17. The van der Waals surface area contributed by atoms with E-state index >= 15 is 0 Å². The average molecular weight is 730 g/mol. The highest BCUT2D eigenvalue weighted by molar-refractivity contribution is 6.07. The summed E-state index contributed by atoms with van der Waals surface area (Å²) in [7, 11) is 0. The van der Waals surface area contributed by atoms with Gasteiger partial charge in [0.2, 0.25) is 23.6 Å². The van der Waals surface area contributed by atoms with Crippen LogP contribution >= 0.6 is 0 Å². The molecule has 0 saturated carbocycles. The van der Waals surface area contributed by atoms with Crippen LogP contribution in [0.5, 0.6) is 0 Å². The summed E-state index contributed by atoms with van der Waals surface area (Å²) in [5.41, 5.74) is -0.391. The molecule has 18 nitrogen and oxygen atoms in total. The zero-order chi connectivity index (χ0) is 39.0. The highest BCUT2D eigenvalue weighted by Crippen LogP contribution is 2.37. The van der Waals surface area contributed by atoms with Gasteiger partial charge < -0.3 is 46.7 Å². The number of carbonyl (C=O) groups excluding carboxylic acids is 5.